The van der Waals surface area contributed by atoms with Crippen LogP contribution >= 0.6 is 0 Å². The van der Waals surface area contributed by atoms with Crippen molar-refractivity contribution in [1.82, 2.24) is 0 Å². The summed E-state index contributed by atoms with van der Waals surface area (Å²) in [6, 6.07) is 12.0. The van der Waals surface area contributed by atoms with Crippen LogP contribution in [0.5, 0.6) is 11.5 Å². The van der Waals surface area contributed by atoms with Gasteiger partial charge in [-0.3, -0.25) is 4.79 Å². The van der Waals surface area contributed by atoms with Gasteiger partial charge in [0.25, 0.3) is 0 Å². The van der Waals surface area contributed by atoms with Crippen LogP contribution in [0.4, 0.5) is 0 Å². The van der Waals surface area contributed by atoms with Gasteiger partial charge in [-0.05, 0) is 44.6 Å². The van der Waals surface area contributed by atoms with Crippen LogP contribution in [0.3, 0.4) is 0 Å². The molecule has 0 radical (unpaired) electrons. The van der Waals surface area contributed by atoms with Crippen LogP contribution in [0.15, 0.2) is 60.2 Å². The van der Waals surface area contributed by atoms with Crippen molar-refractivity contribution in [2.75, 3.05) is 0 Å². The Hall–Kier alpha value is -2.81. The number of allylic oxidation sites excluding steroid dienone is 3. The van der Waals surface area contributed by atoms with E-state index in [1.807, 2.05) is 26.0 Å². The van der Waals surface area contributed by atoms with Gasteiger partial charge in [0.05, 0.1) is 0 Å². The van der Waals surface area contributed by atoms with Crippen LogP contribution < -0.4 is 0 Å². The van der Waals surface area contributed by atoms with Gasteiger partial charge in [-0.1, -0.05) is 42.0 Å². The van der Waals surface area contributed by atoms with E-state index in [4.69, 9.17) is 0 Å². The minimum atomic E-state index is -0.135. The molecule has 0 spiro atoms. The molecule has 0 fully saturated rings. The predicted molar refractivity (Wildman–Crippen MR) is 92.7 cm³/mol. The van der Waals surface area contributed by atoms with E-state index >= 15 is 0 Å². The highest BCUT2D eigenvalue weighted by molar-refractivity contribution is 6.06. The number of rotatable bonds is 5. The third-order valence-corrected chi connectivity index (χ3v) is 3.48. The molecule has 118 valence electrons. The Morgan fingerprint density at radius 2 is 1.74 bits per heavy atom. The summed E-state index contributed by atoms with van der Waals surface area (Å²) in [5.41, 5.74) is 2.65. The molecule has 2 N–H and O–H groups in total. The lowest BCUT2D eigenvalue weighted by molar-refractivity contribution is 0.104. The van der Waals surface area contributed by atoms with Crippen molar-refractivity contribution in [1.29, 1.82) is 0 Å². The van der Waals surface area contributed by atoms with Gasteiger partial charge in [0.2, 0.25) is 0 Å². The zero-order chi connectivity index (χ0) is 16.8. The van der Waals surface area contributed by atoms with Gasteiger partial charge in [-0.2, -0.15) is 0 Å². The van der Waals surface area contributed by atoms with Gasteiger partial charge in [0, 0.05) is 16.7 Å². The van der Waals surface area contributed by atoms with Gasteiger partial charge in [-0.25, -0.2) is 0 Å². The Kier molecular flexibility index (Phi) is 5.36. The van der Waals surface area contributed by atoms with Crippen molar-refractivity contribution in [3.8, 4) is 11.5 Å². The molecule has 0 aliphatic carbocycles. The molecule has 0 aromatic heterocycles. The Morgan fingerprint density at radius 1 is 1.04 bits per heavy atom. The van der Waals surface area contributed by atoms with Crippen molar-refractivity contribution in [3.05, 3.63) is 76.9 Å². The van der Waals surface area contributed by atoms with Gasteiger partial charge in [-0.15, -0.1) is 0 Å². The lowest BCUT2D eigenvalue weighted by Gasteiger charge is -2.08. The molecular formula is C20H20O3. The summed E-state index contributed by atoms with van der Waals surface area (Å²) in [6.45, 7) is 3.91. The summed E-state index contributed by atoms with van der Waals surface area (Å²) in [5, 5.41) is 20.2. The van der Waals surface area contributed by atoms with E-state index in [-0.39, 0.29) is 17.3 Å². The van der Waals surface area contributed by atoms with E-state index in [1.54, 1.807) is 36.4 Å². The van der Waals surface area contributed by atoms with Crippen LogP contribution in [0, 0.1) is 0 Å². The van der Waals surface area contributed by atoms with Crippen molar-refractivity contribution >= 4 is 11.9 Å². The van der Waals surface area contributed by atoms with Crippen LogP contribution in [-0.2, 0) is 6.42 Å². The predicted octanol–water partition coefficient (Wildman–Crippen LogP) is 4.50. The highest BCUT2D eigenvalue weighted by atomic mass is 16.3. The van der Waals surface area contributed by atoms with Crippen molar-refractivity contribution in [2.24, 2.45) is 0 Å². The third kappa shape index (κ3) is 4.33. The largest absolute Gasteiger partial charge is 0.508 e. The van der Waals surface area contributed by atoms with E-state index in [0.717, 1.165) is 5.57 Å². The number of benzene rings is 2. The summed E-state index contributed by atoms with van der Waals surface area (Å²) in [4.78, 5) is 12.1. The highest BCUT2D eigenvalue weighted by Crippen LogP contribution is 2.32. The van der Waals surface area contributed by atoms with E-state index in [9.17, 15) is 15.0 Å². The SMILES string of the molecule is CC(C)=CCc1c(O)ccc(/C=C/C(=O)c2ccccc2)c1O. The lowest BCUT2D eigenvalue weighted by atomic mass is 10.0. The zero-order valence-electron chi connectivity index (χ0n) is 13.3. The van der Waals surface area contributed by atoms with Crippen LogP contribution in [0.1, 0.15) is 35.3 Å². The maximum atomic E-state index is 12.1. The maximum absolute atomic E-state index is 12.1. The number of carbonyl (C=O) groups is 1. The van der Waals surface area contributed by atoms with Gasteiger partial charge in [0.1, 0.15) is 11.5 Å². The summed E-state index contributed by atoms with van der Waals surface area (Å²) < 4.78 is 0. The second kappa shape index (κ2) is 7.45. The topological polar surface area (TPSA) is 57.5 Å². The lowest BCUT2D eigenvalue weighted by Crippen LogP contribution is -1.93. The van der Waals surface area contributed by atoms with Crippen LogP contribution in [0.2, 0.25) is 0 Å². The average molecular weight is 308 g/mol. The van der Waals surface area contributed by atoms with Crippen LogP contribution in [-0.4, -0.2) is 16.0 Å². The Morgan fingerprint density at radius 3 is 2.39 bits per heavy atom. The number of hydrogen-bond acceptors (Lipinski definition) is 3. The number of phenolic OH excluding ortho intramolecular Hbond substituents is 2. The first-order valence-electron chi connectivity index (χ1n) is 7.43. The van der Waals surface area contributed by atoms with Crippen molar-refractivity contribution in [2.45, 2.75) is 20.3 Å². The van der Waals surface area contributed by atoms with E-state index in [0.29, 0.717) is 23.1 Å². The minimum Gasteiger partial charge on any atom is -0.508 e. The molecule has 0 bridgehead atoms. The Bertz CT molecular complexity index is 752. The molecule has 0 aliphatic heterocycles. The van der Waals surface area contributed by atoms with Gasteiger partial charge >= 0.3 is 0 Å². The molecule has 0 aliphatic rings. The number of carbonyl (C=O) groups excluding carboxylic acids is 1. The van der Waals surface area contributed by atoms with Gasteiger partial charge < -0.3 is 10.2 Å². The number of hydrogen-bond donors (Lipinski definition) is 2. The van der Waals surface area contributed by atoms with Crippen LogP contribution in [0.25, 0.3) is 6.08 Å². The molecule has 0 amide bonds. The fraction of sp³-hybridized carbons (Fsp3) is 0.150. The molecule has 2 aromatic carbocycles. The summed E-state index contributed by atoms with van der Waals surface area (Å²) in [6.07, 6.45) is 5.36. The summed E-state index contributed by atoms with van der Waals surface area (Å²) >= 11 is 0. The molecule has 3 heteroatoms. The standard InChI is InChI=1S/C20H20O3/c1-14(2)8-11-17-19(22)13-10-16(20(17)23)9-12-18(21)15-6-4-3-5-7-15/h3-10,12-13,22-23H,11H2,1-2H3/b12-9+. The minimum absolute atomic E-state index is 0.000360. The first-order valence-corrected chi connectivity index (χ1v) is 7.43. The molecule has 0 unspecified atom stereocenters. The van der Waals surface area contributed by atoms with Crippen molar-refractivity contribution in [3.63, 3.8) is 0 Å². The second-order valence-electron chi connectivity index (χ2n) is 5.55. The zero-order valence-corrected chi connectivity index (χ0v) is 13.3. The molecule has 0 saturated heterocycles. The highest BCUT2D eigenvalue weighted by Gasteiger charge is 2.10. The summed E-state index contributed by atoms with van der Waals surface area (Å²) in [5.74, 6) is -0.0879. The smallest absolute Gasteiger partial charge is 0.185 e. The second-order valence-corrected chi connectivity index (χ2v) is 5.55. The number of ketones is 1. The quantitative estimate of drug-likeness (QED) is 0.485. The monoisotopic (exact) mass is 308 g/mol. The molecule has 23 heavy (non-hydrogen) atoms. The van der Waals surface area contributed by atoms with E-state index in [1.165, 1.54) is 12.1 Å². The molecule has 0 atom stereocenters. The molecule has 0 heterocycles. The molecule has 2 aromatic rings. The van der Waals surface area contributed by atoms with Crippen molar-refractivity contribution < 1.29 is 15.0 Å². The number of aromatic hydroxyl groups is 2. The molecule has 0 saturated carbocycles. The fourth-order valence-corrected chi connectivity index (χ4v) is 2.15. The molecular weight excluding hydrogens is 288 g/mol. The third-order valence-electron chi connectivity index (χ3n) is 3.48. The van der Waals surface area contributed by atoms with E-state index in [2.05, 4.69) is 0 Å². The summed E-state index contributed by atoms with van der Waals surface area (Å²) in [7, 11) is 0. The first-order chi connectivity index (χ1) is 11.0. The van der Waals surface area contributed by atoms with Gasteiger partial charge in [0.15, 0.2) is 5.78 Å². The first kappa shape index (κ1) is 16.6. The molecule has 3 nitrogen and oxygen atoms in total. The van der Waals surface area contributed by atoms with E-state index < -0.39 is 0 Å². The normalized spacial score (nSPS) is 10.7. The maximum Gasteiger partial charge on any atom is 0.185 e. The fourth-order valence-electron chi connectivity index (χ4n) is 2.15. The molecule has 2 rings (SSSR count). The average Bonchev–Trinajstić information content (AvgIpc) is 2.54. The number of phenols is 2. The Balaban J connectivity index is 2.27. The Labute approximate surface area is 136 Å².